The molecular formula is C11H20N2. The number of hydrogen-bond donors (Lipinski definition) is 0. The zero-order valence-corrected chi connectivity index (χ0v) is 8.71. The first-order chi connectivity index (χ1) is 6.79. The van der Waals surface area contributed by atoms with Crippen molar-refractivity contribution in [3.63, 3.8) is 0 Å². The normalized spacial score (nSPS) is 11.7. The second-order valence-electron chi connectivity index (χ2n) is 3.46. The Morgan fingerprint density at radius 3 is 2.92 bits per heavy atom. The summed E-state index contributed by atoms with van der Waals surface area (Å²) >= 11 is 0. The molecule has 0 bridgehead atoms. The summed E-state index contributed by atoms with van der Waals surface area (Å²) in [6.45, 7) is 5.32. The summed E-state index contributed by atoms with van der Waals surface area (Å²) < 4.78 is 9.70. The lowest BCUT2D eigenvalue weighted by atomic mass is 10.2. The molecule has 0 aliphatic heterocycles. The summed E-state index contributed by atoms with van der Waals surface area (Å²) in [5, 5.41) is 0. The van der Waals surface area contributed by atoms with Crippen LogP contribution in [0.25, 0.3) is 0 Å². The van der Waals surface area contributed by atoms with Gasteiger partial charge >= 0.3 is 0 Å². The lowest BCUT2D eigenvalue weighted by molar-refractivity contribution is 0.581. The fourth-order valence-corrected chi connectivity index (χ4v) is 1.48. The van der Waals surface area contributed by atoms with Gasteiger partial charge in [0.25, 0.3) is 0 Å². The molecule has 1 heterocycles. The minimum absolute atomic E-state index is 0.421. The van der Waals surface area contributed by atoms with Crippen LogP contribution in [0, 0.1) is 0 Å². The fourth-order valence-electron chi connectivity index (χ4n) is 1.48. The molecule has 2 heteroatoms. The van der Waals surface area contributed by atoms with Crippen LogP contribution >= 0.6 is 0 Å². The van der Waals surface area contributed by atoms with Crippen molar-refractivity contribution in [1.29, 1.82) is 0 Å². The van der Waals surface area contributed by atoms with E-state index in [1.165, 1.54) is 18.5 Å². The second kappa shape index (κ2) is 5.79. The van der Waals surface area contributed by atoms with Crippen molar-refractivity contribution in [1.82, 2.24) is 9.55 Å². The maximum Gasteiger partial charge on any atom is 0.104 e. The largest absolute Gasteiger partial charge is 0.335 e. The number of aryl methyl sites for hydroxylation is 1. The van der Waals surface area contributed by atoms with Crippen molar-refractivity contribution < 1.29 is 1.37 Å². The van der Waals surface area contributed by atoms with Crippen LogP contribution in [0.1, 0.15) is 46.6 Å². The van der Waals surface area contributed by atoms with Crippen molar-refractivity contribution >= 4 is 0 Å². The quantitative estimate of drug-likeness (QED) is 0.617. The lowest BCUT2D eigenvalue weighted by Gasteiger charge is -2.05. The smallest absolute Gasteiger partial charge is 0.104 e. The molecule has 0 N–H and O–H groups in total. The highest BCUT2D eigenvalue weighted by Crippen LogP contribution is 2.05. The van der Waals surface area contributed by atoms with Gasteiger partial charge in [-0.05, 0) is 12.8 Å². The molecule has 0 aliphatic carbocycles. The van der Waals surface area contributed by atoms with E-state index in [2.05, 4.69) is 18.8 Å². The summed E-state index contributed by atoms with van der Waals surface area (Å²) in [5.74, 6) is 0. The Labute approximate surface area is 82.4 Å². The van der Waals surface area contributed by atoms with Gasteiger partial charge in [0.05, 0.1) is 6.30 Å². The van der Waals surface area contributed by atoms with Gasteiger partial charge in [-0.1, -0.05) is 33.1 Å². The molecule has 0 spiro atoms. The third-order valence-electron chi connectivity index (χ3n) is 2.23. The minimum Gasteiger partial charge on any atom is -0.335 e. The molecule has 1 aromatic rings. The van der Waals surface area contributed by atoms with Crippen LogP contribution in [-0.2, 0) is 13.0 Å². The van der Waals surface area contributed by atoms with E-state index < -0.39 is 0 Å². The second-order valence-corrected chi connectivity index (χ2v) is 3.46. The molecule has 0 radical (unpaired) electrons. The predicted octanol–water partition coefficient (Wildman–Crippen LogP) is 3.03. The monoisotopic (exact) mass is 181 g/mol. The van der Waals surface area contributed by atoms with Crippen molar-refractivity contribution in [2.75, 3.05) is 0 Å². The van der Waals surface area contributed by atoms with E-state index >= 15 is 0 Å². The van der Waals surface area contributed by atoms with E-state index in [1.807, 2.05) is 10.8 Å². The Kier molecular flexibility index (Phi) is 3.91. The number of imidazole rings is 1. The fraction of sp³-hybridized carbons (Fsp3) is 0.727. The molecule has 13 heavy (non-hydrogen) atoms. The predicted molar refractivity (Wildman–Crippen MR) is 55.7 cm³/mol. The molecule has 0 aromatic carbocycles. The Balaban J connectivity index is 2.57. The molecule has 1 aromatic heterocycles. The lowest BCUT2D eigenvalue weighted by Crippen LogP contribution is -2.01. The standard InChI is InChI=1S/C11H20N2/c1-3-5-6-8-13-10-12-9-11(13)7-4-2/h9-10H,3-8H2,1-2H3/i10D. The summed E-state index contributed by atoms with van der Waals surface area (Å²) in [6, 6.07) is 0. The van der Waals surface area contributed by atoms with Gasteiger partial charge in [-0.3, -0.25) is 0 Å². The molecule has 0 atom stereocenters. The molecule has 0 unspecified atom stereocenters. The van der Waals surface area contributed by atoms with Crippen LogP contribution in [0.3, 0.4) is 0 Å². The van der Waals surface area contributed by atoms with Crippen molar-refractivity contribution in [3.8, 4) is 0 Å². The number of aromatic nitrogens is 2. The first-order valence-electron chi connectivity index (χ1n) is 5.80. The van der Waals surface area contributed by atoms with Crippen LogP contribution in [0.5, 0.6) is 0 Å². The first-order valence-corrected chi connectivity index (χ1v) is 5.30. The summed E-state index contributed by atoms with van der Waals surface area (Å²) in [4.78, 5) is 4.04. The number of rotatable bonds is 6. The van der Waals surface area contributed by atoms with Gasteiger partial charge in [-0.15, -0.1) is 0 Å². The van der Waals surface area contributed by atoms with Crippen LogP contribution in [0.2, 0.25) is 0 Å². The maximum absolute atomic E-state index is 7.66. The third-order valence-corrected chi connectivity index (χ3v) is 2.23. The number of hydrogen-bond acceptors (Lipinski definition) is 1. The summed E-state index contributed by atoms with van der Waals surface area (Å²) in [7, 11) is 0. The molecule has 0 saturated heterocycles. The highest BCUT2D eigenvalue weighted by molar-refractivity contribution is 4.98. The average Bonchev–Trinajstić information content (AvgIpc) is 2.50. The van der Waals surface area contributed by atoms with Crippen molar-refractivity contribution in [3.05, 3.63) is 18.2 Å². The highest BCUT2D eigenvalue weighted by Gasteiger charge is 1.99. The van der Waals surface area contributed by atoms with E-state index in [9.17, 15) is 0 Å². The van der Waals surface area contributed by atoms with E-state index in [0.29, 0.717) is 6.30 Å². The maximum atomic E-state index is 7.66. The van der Waals surface area contributed by atoms with Gasteiger partial charge in [0.1, 0.15) is 1.37 Å². The summed E-state index contributed by atoms with van der Waals surface area (Å²) in [5.41, 5.74) is 1.22. The highest BCUT2D eigenvalue weighted by atomic mass is 15.0. The first kappa shape index (κ1) is 8.79. The Morgan fingerprint density at radius 1 is 1.38 bits per heavy atom. The minimum atomic E-state index is 0.421. The molecule has 2 nitrogen and oxygen atoms in total. The van der Waals surface area contributed by atoms with Crippen molar-refractivity contribution in [2.45, 2.75) is 52.5 Å². The van der Waals surface area contributed by atoms with Crippen molar-refractivity contribution in [2.24, 2.45) is 0 Å². The molecule has 0 aliphatic rings. The SMILES string of the molecule is [2H]c1ncc(CCC)n1CCCCC. The number of unbranched alkanes of at least 4 members (excludes halogenated alkanes) is 2. The van der Waals surface area contributed by atoms with Crippen LogP contribution < -0.4 is 0 Å². The molecule has 0 saturated carbocycles. The average molecular weight is 181 g/mol. The zero-order valence-electron chi connectivity index (χ0n) is 9.71. The van der Waals surface area contributed by atoms with E-state index in [-0.39, 0.29) is 0 Å². The molecule has 74 valence electrons. The Morgan fingerprint density at radius 2 is 2.23 bits per heavy atom. The third kappa shape index (κ3) is 3.21. The molecular weight excluding hydrogens is 160 g/mol. The molecule has 0 fully saturated rings. The molecule has 0 amide bonds. The Hall–Kier alpha value is -0.790. The van der Waals surface area contributed by atoms with Gasteiger partial charge < -0.3 is 4.57 Å². The summed E-state index contributed by atoms with van der Waals surface area (Å²) in [6.07, 6.45) is 8.06. The van der Waals surface area contributed by atoms with Gasteiger partial charge in [-0.25, -0.2) is 4.98 Å². The topological polar surface area (TPSA) is 17.8 Å². The van der Waals surface area contributed by atoms with Gasteiger partial charge in [-0.2, -0.15) is 0 Å². The van der Waals surface area contributed by atoms with Crippen LogP contribution in [-0.4, -0.2) is 9.55 Å². The van der Waals surface area contributed by atoms with E-state index in [0.717, 1.165) is 25.8 Å². The van der Waals surface area contributed by atoms with E-state index in [4.69, 9.17) is 1.37 Å². The van der Waals surface area contributed by atoms with Crippen LogP contribution in [0.4, 0.5) is 0 Å². The zero-order chi connectivity index (χ0) is 10.4. The van der Waals surface area contributed by atoms with Gasteiger partial charge in [0.2, 0.25) is 0 Å². The van der Waals surface area contributed by atoms with Gasteiger partial charge in [0.15, 0.2) is 0 Å². The van der Waals surface area contributed by atoms with E-state index in [1.54, 1.807) is 0 Å². The Bertz CT molecular complexity index is 268. The van der Waals surface area contributed by atoms with Crippen LogP contribution in [0.15, 0.2) is 12.5 Å². The molecule has 1 rings (SSSR count). The number of nitrogens with zero attached hydrogens (tertiary/aromatic N) is 2. The van der Waals surface area contributed by atoms with Gasteiger partial charge in [0, 0.05) is 18.4 Å².